The maximum absolute atomic E-state index is 13.3. The zero-order valence-corrected chi connectivity index (χ0v) is 13.9. The maximum Gasteiger partial charge on any atom is 0.254 e. The van der Waals surface area contributed by atoms with Gasteiger partial charge in [0.25, 0.3) is 11.8 Å². The molecule has 1 saturated heterocycles. The van der Waals surface area contributed by atoms with Gasteiger partial charge in [-0.05, 0) is 36.4 Å². The van der Waals surface area contributed by atoms with Crippen LogP contribution in [-0.4, -0.2) is 52.8 Å². The minimum atomic E-state index is -0.438. The number of rotatable bonds is 2. The summed E-state index contributed by atoms with van der Waals surface area (Å²) in [5.41, 5.74) is 2.11. The van der Waals surface area contributed by atoms with E-state index in [0.717, 1.165) is 0 Å². The van der Waals surface area contributed by atoms with Crippen molar-refractivity contribution in [3.05, 3.63) is 65.8 Å². The van der Waals surface area contributed by atoms with E-state index in [1.165, 1.54) is 24.6 Å². The van der Waals surface area contributed by atoms with E-state index in [1.54, 1.807) is 34.1 Å². The molecule has 0 saturated carbocycles. The summed E-state index contributed by atoms with van der Waals surface area (Å²) in [5.74, 6) is -0.770. The second-order valence-electron chi connectivity index (χ2n) is 6.13. The quantitative estimate of drug-likeness (QED) is 0.710. The Morgan fingerprint density at radius 3 is 2.23 bits per heavy atom. The lowest BCUT2D eigenvalue weighted by atomic mass is 10.1. The normalized spacial score (nSPS) is 14.7. The van der Waals surface area contributed by atoms with Crippen LogP contribution in [0, 0.1) is 5.82 Å². The molecule has 26 heavy (non-hydrogen) atoms. The van der Waals surface area contributed by atoms with Crippen molar-refractivity contribution in [1.29, 1.82) is 0 Å². The Bertz CT molecular complexity index is 977. The van der Waals surface area contributed by atoms with Crippen LogP contribution in [0.5, 0.6) is 0 Å². The summed E-state index contributed by atoms with van der Waals surface area (Å²) in [6.07, 6.45) is 1.34. The lowest BCUT2D eigenvalue weighted by Crippen LogP contribution is -2.50. The van der Waals surface area contributed by atoms with Gasteiger partial charge in [0, 0.05) is 37.3 Å². The van der Waals surface area contributed by atoms with Crippen LogP contribution in [0.3, 0.4) is 0 Å². The molecule has 1 fully saturated rings. The number of amides is 2. The Morgan fingerprint density at radius 1 is 0.923 bits per heavy atom. The number of hydrogen-bond donors (Lipinski definition) is 0. The molecule has 0 bridgehead atoms. The lowest BCUT2D eigenvalue weighted by molar-refractivity contribution is 0.0535. The second kappa shape index (κ2) is 6.59. The van der Waals surface area contributed by atoms with E-state index in [-0.39, 0.29) is 11.8 Å². The maximum atomic E-state index is 13.3. The molecule has 2 amide bonds. The molecule has 1 aliphatic heterocycles. The van der Waals surface area contributed by atoms with Gasteiger partial charge in [-0.15, -0.1) is 0 Å². The van der Waals surface area contributed by atoms with Crippen LogP contribution in [0.2, 0.25) is 0 Å². The van der Waals surface area contributed by atoms with Gasteiger partial charge in [0.15, 0.2) is 12.0 Å². The highest BCUT2D eigenvalue weighted by Crippen LogP contribution is 2.17. The van der Waals surface area contributed by atoms with Crippen molar-refractivity contribution in [2.75, 3.05) is 26.2 Å². The highest BCUT2D eigenvalue weighted by atomic mass is 19.1. The average Bonchev–Trinajstić information content (AvgIpc) is 3.15. The number of piperazine rings is 1. The van der Waals surface area contributed by atoms with Crippen LogP contribution in [0.15, 0.2) is 53.3 Å². The molecule has 0 unspecified atom stereocenters. The van der Waals surface area contributed by atoms with Gasteiger partial charge in [0.05, 0.1) is 0 Å². The number of carbonyl (C=O) groups excluding carboxylic acids is 2. The minimum Gasteiger partial charge on any atom is -0.443 e. The van der Waals surface area contributed by atoms with Crippen molar-refractivity contribution in [2.45, 2.75) is 0 Å². The van der Waals surface area contributed by atoms with Gasteiger partial charge in [0.2, 0.25) is 0 Å². The van der Waals surface area contributed by atoms with E-state index in [2.05, 4.69) is 4.98 Å². The third kappa shape index (κ3) is 3.03. The van der Waals surface area contributed by atoms with Crippen LogP contribution in [0.4, 0.5) is 4.39 Å². The number of carbonyl (C=O) groups is 2. The number of oxazole rings is 1. The standard InChI is InChI=1S/C19H16FN3O3/c20-15-3-1-2-13(10-15)18(24)22-6-8-23(9-7-22)19(25)14-4-5-16-17(11-14)26-12-21-16/h1-5,10-12H,6-9H2. The largest absolute Gasteiger partial charge is 0.443 e. The van der Waals surface area contributed by atoms with E-state index in [4.69, 9.17) is 4.42 Å². The molecule has 1 aliphatic rings. The highest BCUT2D eigenvalue weighted by molar-refractivity contribution is 5.97. The zero-order chi connectivity index (χ0) is 18.1. The van der Waals surface area contributed by atoms with E-state index in [0.29, 0.717) is 48.4 Å². The van der Waals surface area contributed by atoms with Crippen LogP contribution >= 0.6 is 0 Å². The molecule has 7 heteroatoms. The predicted octanol–water partition coefficient (Wildman–Crippen LogP) is 2.57. The fourth-order valence-corrected chi connectivity index (χ4v) is 3.09. The number of aromatic nitrogens is 1. The predicted molar refractivity (Wildman–Crippen MR) is 92.2 cm³/mol. The number of halogens is 1. The van der Waals surface area contributed by atoms with Crippen molar-refractivity contribution in [3.8, 4) is 0 Å². The van der Waals surface area contributed by atoms with Gasteiger partial charge in [-0.2, -0.15) is 0 Å². The Balaban J connectivity index is 1.42. The summed E-state index contributed by atoms with van der Waals surface area (Å²) in [4.78, 5) is 32.5. The van der Waals surface area contributed by atoms with Crippen molar-refractivity contribution in [2.24, 2.45) is 0 Å². The summed E-state index contributed by atoms with van der Waals surface area (Å²) in [6, 6.07) is 10.8. The number of hydrogen-bond acceptors (Lipinski definition) is 4. The van der Waals surface area contributed by atoms with Crippen LogP contribution < -0.4 is 0 Å². The molecule has 1 aromatic heterocycles. The molecular weight excluding hydrogens is 337 g/mol. The SMILES string of the molecule is O=C(c1cccc(F)c1)N1CCN(C(=O)c2ccc3ncoc3c2)CC1. The van der Waals surface area contributed by atoms with E-state index in [1.807, 2.05) is 0 Å². The minimum absolute atomic E-state index is 0.110. The molecule has 0 N–H and O–H groups in total. The monoisotopic (exact) mass is 353 g/mol. The molecule has 132 valence electrons. The Morgan fingerprint density at radius 2 is 1.58 bits per heavy atom. The van der Waals surface area contributed by atoms with Gasteiger partial charge in [-0.3, -0.25) is 9.59 Å². The first kappa shape index (κ1) is 16.3. The van der Waals surface area contributed by atoms with Crippen molar-refractivity contribution < 1.29 is 18.4 Å². The average molecular weight is 353 g/mol. The summed E-state index contributed by atoms with van der Waals surface area (Å²) >= 11 is 0. The van der Waals surface area contributed by atoms with Gasteiger partial charge >= 0.3 is 0 Å². The number of benzene rings is 2. The molecule has 0 aliphatic carbocycles. The molecule has 6 nitrogen and oxygen atoms in total. The van der Waals surface area contributed by atoms with Crippen molar-refractivity contribution in [1.82, 2.24) is 14.8 Å². The van der Waals surface area contributed by atoms with E-state index in [9.17, 15) is 14.0 Å². The molecule has 0 spiro atoms. The molecule has 0 atom stereocenters. The first-order chi connectivity index (χ1) is 12.6. The summed E-state index contributed by atoms with van der Waals surface area (Å²) < 4.78 is 18.5. The van der Waals surface area contributed by atoms with Gasteiger partial charge in [-0.25, -0.2) is 9.37 Å². The summed E-state index contributed by atoms with van der Waals surface area (Å²) in [7, 11) is 0. The Kier molecular flexibility index (Phi) is 4.12. The van der Waals surface area contributed by atoms with Crippen molar-refractivity contribution >= 4 is 22.9 Å². The first-order valence-electron chi connectivity index (χ1n) is 8.29. The highest BCUT2D eigenvalue weighted by Gasteiger charge is 2.26. The van der Waals surface area contributed by atoms with Crippen LogP contribution in [-0.2, 0) is 0 Å². The molecule has 3 aromatic rings. The third-order valence-corrected chi connectivity index (χ3v) is 4.50. The first-order valence-corrected chi connectivity index (χ1v) is 8.29. The van der Waals surface area contributed by atoms with Crippen molar-refractivity contribution in [3.63, 3.8) is 0 Å². The zero-order valence-electron chi connectivity index (χ0n) is 13.9. The van der Waals surface area contributed by atoms with Gasteiger partial charge in [0.1, 0.15) is 11.3 Å². The van der Waals surface area contributed by atoms with E-state index >= 15 is 0 Å². The van der Waals surface area contributed by atoms with Crippen LogP contribution in [0.1, 0.15) is 20.7 Å². The third-order valence-electron chi connectivity index (χ3n) is 4.50. The Hall–Kier alpha value is -3.22. The summed E-state index contributed by atoms with van der Waals surface area (Å²) in [5, 5.41) is 0. The fraction of sp³-hybridized carbons (Fsp3) is 0.211. The smallest absolute Gasteiger partial charge is 0.254 e. The fourth-order valence-electron chi connectivity index (χ4n) is 3.09. The molecule has 2 heterocycles. The van der Waals surface area contributed by atoms with Gasteiger partial charge in [-0.1, -0.05) is 6.07 Å². The van der Waals surface area contributed by atoms with E-state index < -0.39 is 5.82 Å². The lowest BCUT2D eigenvalue weighted by Gasteiger charge is -2.34. The Labute approximate surface area is 148 Å². The second-order valence-corrected chi connectivity index (χ2v) is 6.13. The molecular formula is C19H16FN3O3. The summed E-state index contributed by atoms with van der Waals surface area (Å²) in [6.45, 7) is 1.67. The van der Waals surface area contributed by atoms with Gasteiger partial charge < -0.3 is 14.2 Å². The van der Waals surface area contributed by atoms with Crippen LogP contribution in [0.25, 0.3) is 11.1 Å². The number of nitrogens with zero attached hydrogens (tertiary/aromatic N) is 3. The molecule has 4 rings (SSSR count). The molecule has 0 radical (unpaired) electrons. The topological polar surface area (TPSA) is 66.7 Å². The molecule has 2 aromatic carbocycles. The number of fused-ring (bicyclic) bond motifs is 1.